The first kappa shape index (κ1) is 19.2. The van der Waals surface area contributed by atoms with Gasteiger partial charge in [-0.1, -0.05) is 6.92 Å². The van der Waals surface area contributed by atoms with Crippen molar-refractivity contribution < 1.29 is 24.5 Å². The maximum absolute atomic E-state index is 11.9. The number of alkyl halides is 1. The Morgan fingerprint density at radius 2 is 2.22 bits per heavy atom. The molecular formula is C15H21ClN2O5. The molecule has 0 aromatic heterocycles. The molecule has 7 nitrogen and oxygen atoms in total. The summed E-state index contributed by atoms with van der Waals surface area (Å²) in [7, 11) is 0. The number of carbonyl (C=O) groups is 1. The van der Waals surface area contributed by atoms with Crippen LogP contribution in [-0.2, 0) is 4.74 Å². The molecule has 0 radical (unpaired) electrons. The van der Waals surface area contributed by atoms with E-state index in [9.17, 15) is 9.90 Å². The molecule has 0 aliphatic carbocycles. The van der Waals surface area contributed by atoms with Crippen molar-refractivity contribution in [3.05, 3.63) is 23.8 Å². The van der Waals surface area contributed by atoms with E-state index in [0.29, 0.717) is 18.0 Å². The smallest absolute Gasteiger partial charge is 0.338 e. The van der Waals surface area contributed by atoms with Crippen molar-refractivity contribution in [1.82, 2.24) is 0 Å². The fourth-order valence-electron chi connectivity index (χ4n) is 1.56. The molecular weight excluding hydrogens is 324 g/mol. The molecule has 23 heavy (non-hydrogen) atoms. The third-order valence-corrected chi connectivity index (χ3v) is 2.95. The number of hydrogen-bond acceptors (Lipinski definition) is 6. The molecule has 0 saturated heterocycles. The Kier molecular flexibility index (Phi) is 8.39. The number of aliphatic imine (C=N–C) groups is 1. The second kappa shape index (κ2) is 10.0. The van der Waals surface area contributed by atoms with Crippen LogP contribution < -0.4 is 10.5 Å². The van der Waals surface area contributed by atoms with Crippen LogP contribution in [0, 0.1) is 0 Å². The lowest BCUT2D eigenvalue weighted by molar-refractivity contribution is 0.00933. The van der Waals surface area contributed by atoms with Gasteiger partial charge in [-0.15, -0.1) is 11.6 Å². The second-order valence-corrected chi connectivity index (χ2v) is 4.97. The number of halogens is 1. The SMILES string of the molecule is CCCOc1ccc(C(=O)OCC(O)CO)cc1N=C(N)CCl. The normalized spacial score (nSPS) is 12.8. The van der Waals surface area contributed by atoms with Crippen molar-refractivity contribution in [2.45, 2.75) is 19.4 Å². The van der Waals surface area contributed by atoms with E-state index < -0.39 is 18.7 Å². The molecule has 0 fully saturated rings. The Labute approximate surface area is 139 Å². The molecule has 1 rings (SSSR count). The predicted molar refractivity (Wildman–Crippen MR) is 87.6 cm³/mol. The first-order valence-corrected chi connectivity index (χ1v) is 7.67. The number of aliphatic hydroxyl groups excluding tert-OH is 2. The number of nitrogens with two attached hydrogens (primary N) is 1. The number of esters is 1. The van der Waals surface area contributed by atoms with Crippen molar-refractivity contribution in [3.8, 4) is 5.75 Å². The lowest BCUT2D eigenvalue weighted by Crippen LogP contribution is -2.22. The lowest BCUT2D eigenvalue weighted by Gasteiger charge is -2.11. The third-order valence-electron chi connectivity index (χ3n) is 2.67. The number of carbonyl (C=O) groups excluding carboxylic acids is 1. The minimum Gasteiger partial charge on any atom is -0.491 e. The van der Waals surface area contributed by atoms with E-state index in [1.165, 1.54) is 12.1 Å². The van der Waals surface area contributed by atoms with E-state index in [1.807, 2.05) is 6.92 Å². The van der Waals surface area contributed by atoms with Crippen LogP contribution in [0.2, 0.25) is 0 Å². The number of hydrogen-bond donors (Lipinski definition) is 3. The topological polar surface area (TPSA) is 114 Å². The molecule has 0 aliphatic rings. The zero-order chi connectivity index (χ0) is 17.2. The van der Waals surface area contributed by atoms with Gasteiger partial charge >= 0.3 is 5.97 Å². The largest absolute Gasteiger partial charge is 0.491 e. The number of benzene rings is 1. The first-order valence-electron chi connectivity index (χ1n) is 7.13. The van der Waals surface area contributed by atoms with Crippen LogP contribution in [0.25, 0.3) is 0 Å². The van der Waals surface area contributed by atoms with Crippen molar-refractivity contribution >= 4 is 29.1 Å². The van der Waals surface area contributed by atoms with Crippen molar-refractivity contribution in [2.75, 3.05) is 25.7 Å². The average molecular weight is 345 g/mol. The molecule has 0 aliphatic heterocycles. The van der Waals surface area contributed by atoms with Gasteiger partial charge in [-0.3, -0.25) is 0 Å². The van der Waals surface area contributed by atoms with Crippen molar-refractivity contribution in [3.63, 3.8) is 0 Å². The van der Waals surface area contributed by atoms with Gasteiger partial charge < -0.3 is 25.4 Å². The van der Waals surface area contributed by atoms with E-state index in [-0.39, 0.29) is 23.9 Å². The standard InChI is InChI=1S/C15H21ClN2O5/c1-2-5-22-13-4-3-10(6-12(13)18-14(17)7-16)15(21)23-9-11(20)8-19/h3-4,6,11,19-20H,2,5,7-9H2,1H3,(H2,17,18). The van der Waals surface area contributed by atoms with E-state index in [1.54, 1.807) is 6.07 Å². The maximum Gasteiger partial charge on any atom is 0.338 e. The molecule has 4 N–H and O–H groups in total. The Hall–Kier alpha value is -1.83. The van der Waals surface area contributed by atoms with Gasteiger partial charge in [0, 0.05) is 0 Å². The number of rotatable bonds is 9. The summed E-state index contributed by atoms with van der Waals surface area (Å²) in [6, 6.07) is 4.59. The second-order valence-electron chi connectivity index (χ2n) is 4.70. The third kappa shape index (κ3) is 6.43. The lowest BCUT2D eigenvalue weighted by atomic mass is 10.2. The summed E-state index contributed by atoms with van der Waals surface area (Å²) in [6.07, 6.45) is -0.299. The van der Waals surface area contributed by atoms with Crippen LogP contribution in [0.15, 0.2) is 23.2 Å². The van der Waals surface area contributed by atoms with Gasteiger partial charge in [0.05, 0.1) is 24.7 Å². The molecule has 128 valence electrons. The van der Waals surface area contributed by atoms with Crippen LogP contribution in [0.5, 0.6) is 5.75 Å². The van der Waals surface area contributed by atoms with E-state index >= 15 is 0 Å². The number of aliphatic hydroxyl groups is 2. The minimum atomic E-state index is -1.12. The van der Waals surface area contributed by atoms with Gasteiger partial charge in [0.15, 0.2) is 0 Å². The number of ether oxygens (including phenoxy) is 2. The highest BCUT2D eigenvalue weighted by Crippen LogP contribution is 2.29. The van der Waals surface area contributed by atoms with Crippen LogP contribution >= 0.6 is 11.6 Å². The molecule has 0 saturated carbocycles. The van der Waals surface area contributed by atoms with Crippen LogP contribution in [0.1, 0.15) is 23.7 Å². The molecule has 0 bridgehead atoms. The molecule has 1 unspecified atom stereocenters. The number of nitrogens with zero attached hydrogens (tertiary/aromatic N) is 1. The summed E-state index contributed by atoms with van der Waals surface area (Å²) < 4.78 is 10.4. The summed E-state index contributed by atoms with van der Waals surface area (Å²) in [5.41, 5.74) is 6.22. The summed E-state index contributed by atoms with van der Waals surface area (Å²) in [5.74, 6) is 0.0615. The fraction of sp³-hybridized carbons (Fsp3) is 0.467. The highest BCUT2D eigenvalue weighted by Gasteiger charge is 2.14. The predicted octanol–water partition coefficient (Wildman–Crippen LogP) is 1.21. The highest BCUT2D eigenvalue weighted by atomic mass is 35.5. The molecule has 1 atom stereocenters. The van der Waals surface area contributed by atoms with Gasteiger partial charge in [-0.05, 0) is 24.6 Å². The molecule has 8 heteroatoms. The van der Waals surface area contributed by atoms with Crippen molar-refractivity contribution in [1.29, 1.82) is 0 Å². The van der Waals surface area contributed by atoms with E-state index in [4.69, 9.17) is 31.9 Å². The summed E-state index contributed by atoms with van der Waals surface area (Å²) in [4.78, 5) is 16.1. The fourth-order valence-corrected chi connectivity index (χ4v) is 1.62. The summed E-state index contributed by atoms with van der Waals surface area (Å²) in [5, 5.41) is 17.9. The van der Waals surface area contributed by atoms with Gasteiger partial charge in [-0.2, -0.15) is 0 Å². The average Bonchev–Trinajstić information content (AvgIpc) is 2.57. The quantitative estimate of drug-likeness (QED) is 0.268. The Morgan fingerprint density at radius 3 is 2.83 bits per heavy atom. The minimum absolute atomic E-state index is 0.0462. The molecule has 0 amide bonds. The van der Waals surface area contributed by atoms with Crippen LogP contribution in [0.3, 0.4) is 0 Å². The Morgan fingerprint density at radius 1 is 1.48 bits per heavy atom. The highest BCUT2D eigenvalue weighted by molar-refractivity contribution is 6.28. The van der Waals surface area contributed by atoms with Gasteiger partial charge in [-0.25, -0.2) is 9.79 Å². The van der Waals surface area contributed by atoms with Gasteiger partial charge in [0.2, 0.25) is 0 Å². The van der Waals surface area contributed by atoms with Crippen LogP contribution in [-0.4, -0.2) is 53.8 Å². The molecule has 0 heterocycles. The monoisotopic (exact) mass is 344 g/mol. The maximum atomic E-state index is 11.9. The van der Waals surface area contributed by atoms with E-state index in [0.717, 1.165) is 6.42 Å². The summed E-state index contributed by atoms with van der Waals surface area (Å²) >= 11 is 5.62. The van der Waals surface area contributed by atoms with E-state index in [2.05, 4.69) is 4.99 Å². The first-order chi connectivity index (χ1) is 11.0. The molecule has 1 aromatic carbocycles. The van der Waals surface area contributed by atoms with Gasteiger partial charge in [0.25, 0.3) is 0 Å². The van der Waals surface area contributed by atoms with Gasteiger partial charge in [0.1, 0.15) is 30.0 Å². The molecule has 1 aromatic rings. The van der Waals surface area contributed by atoms with Crippen LogP contribution in [0.4, 0.5) is 5.69 Å². The molecule has 0 spiro atoms. The zero-order valence-corrected chi connectivity index (χ0v) is 13.6. The summed E-state index contributed by atoms with van der Waals surface area (Å²) in [6.45, 7) is 1.68. The Bertz CT molecular complexity index is 551. The van der Waals surface area contributed by atoms with Crippen molar-refractivity contribution in [2.24, 2.45) is 10.7 Å². The Balaban J connectivity index is 2.97. The number of amidine groups is 1. The zero-order valence-electron chi connectivity index (χ0n) is 12.9.